The Balaban J connectivity index is 1.37. The number of nitro benzene ring substituents is 1. The number of nitrogens with one attached hydrogen (secondary N) is 2. The molecular weight excluding hydrogens is 392 g/mol. The van der Waals surface area contributed by atoms with Crippen molar-refractivity contribution in [1.29, 1.82) is 0 Å². The fraction of sp³-hybridized carbons (Fsp3) is 0.125. The highest BCUT2D eigenvalue weighted by molar-refractivity contribution is 6.05. The highest BCUT2D eigenvalue weighted by Crippen LogP contribution is 2.24. The van der Waals surface area contributed by atoms with Crippen molar-refractivity contribution in [3.8, 4) is 0 Å². The van der Waals surface area contributed by atoms with Crippen molar-refractivity contribution in [3.05, 3.63) is 106 Å². The van der Waals surface area contributed by atoms with Crippen molar-refractivity contribution in [3.63, 3.8) is 0 Å². The minimum atomic E-state index is -0.514. The fourth-order valence-corrected chi connectivity index (χ4v) is 3.61. The summed E-state index contributed by atoms with van der Waals surface area (Å²) in [5.41, 5.74) is 3.97. The van der Waals surface area contributed by atoms with E-state index in [9.17, 15) is 14.9 Å². The smallest absolute Gasteiger partial charge is 0.292 e. The van der Waals surface area contributed by atoms with Gasteiger partial charge in [0.15, 0.2) is 0 Å². The maximum atomic E-state index is 12.5. The molecule has 0 bridgehead atoms. The number of carbonyl (C=O) groups is 1. The van der Waals surface area contributed by atoms with Gasteiger partial charge in [-0.15, -0.1) is 0 Å². The number of anilines is 1. The van der Waals surface area contributed by atoms with Gasteiger partial charge in [-0.2, -0.15) is 0 Å². The van der Waals surface area contributed by atoms with E-state index in [1.54, 1.807) is 24.3 Å². The standard InChI is InChI=1S/C24H22N4O3/c1-27-16-19(20-6-2-4-8-22(20)27)15-25-14-17-10-12-18(13-11-17)24(29)26-21-7-3-5-9-23(21)28(30)31/h2-13,16,25H,14-15H2,1H3,(H,26,29). The third-order valence-electron chi connectivity index (χ3n) is 5.19. The number of fused-ring (bicyclic) bond motifs is 1. The van der Waals surface area contributed by atoms with Crippen molar-refractivity contribution in [2.24, 2.45) is 7.05 Å². The van der Waals surface area contributed by atoms with E-state index >= 15 is 0 Å². The molecule has 1 heterocycles. The van der Waals surface area contributed by atoms with E-state index in [0.29, 0.717) is 12.1 Å². The number of benzene rings is 3. The number of aromatic nitrogens is 1. The van der Waals surface area contributed by atoms with Crippen LogP contribution in [0, 0.1) is 10.1 Å². The molecule has 156 valence electrons. The molecule has 1 aromatic heterocycles. The quantitative estimate of drug-likeness (QED) is 0.341. The van der Waals surface area contributed by atoms with Gasteiger partial charge in [-0.05, 0) is 35.4 Å². The summed E-state index contributed by atoms with van der Waals surface area (Å²) in [6.45, 7) is 1.40. The molecule has 0 unspecified atom stereocenters. The molecule has 0 aliphatic heterocycles. The van der Waals surface area contributed by atoms with Gasteiger partial charge in [0.25, 0.3) is 11.6 Å². The fourth-order valence-electron chi connectivity index (χ4n) is 3.61. The number of hydrogen-bond acceptors (Lipinski definition) is 4. The lowest BCUT2D eigenvalue weighted by Gasteiger charge is -2.08. The Morgan fingerprint density at radius 2 is 1.68 bits per heavy atom. The average molecular weight is 414 g/mol. The van der Waals surface area contributed by atoms with Gasteiger partial charge in [0, 0.05) is 48.9 Å². The highest BCUT2D eigenvalue weighted by atomic mass is 16.6. The largest absolute Gasteiger partial charge is 0.350 e. The molecule has 1 amide bonds. The maximum absolute atomic E-state index is 12.5. The van der Waals surface area contributed by atoms with Crippen LogP contribution in [0.25, 0.3) is 10.9 Å². The zero-order valence-electron chi connectivity index (χ0n) is 17.0. The van der Waals surface area contributed by atoms with E-state index in [1.165, 1.54) is 28.6 Å². The second-order valence-electron chi connectivity index (χ2n) is 7.31. The van der Waals surface area contributed by atoms with Gasteiger partial charge in [-0.3, -0.25) is 14.9 Å². The summed E-state index contributed by atoms with van der Waals surface area (Å²) >= 11 is 0. The van der Waals surface area contributed by atoms with Gasteiger partial charge < -0.3 is 15.2 Å². The molecule has 0 saturated carbocycles. The van der Waals surface area contributed by atoms with Crippen molar-refractivity contribution in [2.75, 3.05) is 5.32 Å². The maximum Gasteiger partial charge on any atom is 0.292 e. The number of aryl methyl sites for hydroxylation is 1. The molecule has 4 rings (SSSR count). The van der Waals surface area contributed by atoms with E-state index in [0.717, 1.165) is 12.1 Å². The number of nitrogens with zero attached hydrogens (tertiary/aromatic N) is 2. The molecule has 0 spiro atoms. The average Bonchev–Trinajstić information content (AvgIpc) is 3.10. The Kier molecular flexibility index (Phi) is 5.77. The first-order valence-electron chi connectivity index (χ1n) is 9.90. The van der Waals surface area contributed by atoms with E-state index in [2.05, 4.69) is 33.5 Å². The minimum Gasteiger partial charge on any atom is -0.350 e. The summed E-state index contributed by atoms with van der Waals surface area (Å²) in [6.07, 6.45) is 2.13. The zero-order valence-corrected chi connectivity index (χ0v) is 17.0. The zero-order chi connectivity index (χ0) is 21.8. The molecule has 0 fully saturated rings. The summed E-state index contributed by atoms with van der Waals surface area (Å²) in [5, 5.41) is 18.4. The summed E-state index contributed by atoms with van der Waals surface area (Å²) in [7, 11) is 2.04. The third kappa shape index (κ3) is 4.46. The Labute approximate surface area is 179 Å². The topological polar surface area (TPSA) is 89.2 Å². The Bertz CT molecular complexity index is 1250. The molecule has 0 aliphatic carbocycles. The first-order chi connectivity index (χ1) is 15.0. The molecular formula is C24H22N4O3. The van der Waals surface area contributed by atoms with Gasteiger partial charge >= 0.3 is 0 Å². The second-order valence-corrected chi connectivity index (χ2v) is 7.31. The molecule has 7 nitrogen and oxygen atoms in total. The monoisotopic (exact) mass is 414 g/mol. The van der Waals surface area contributed by atoms with E-state index in [-0.39, 0.29) is 17.3 Å². The van der Waals surface area contributed by atoms with Crippen LogP contribution in [0.4, 0.5) is 11.4 Å². The lowest BCUT2D eigenvalue weighted by Crippen LogP contribution is -2.14. The van der Waals surface area contributed by atoms with Crippen LogP contribution in [0.5, 0.6) is 0 Å². The van der Waals surface area contributed by atoms with Crippen molar-refractivity contribution >= 4 is 28.2 Å². The predicted molar refractivity (Wildman–Crippen MR) is 121 cm³/mol. The summed E-state index contributed by atoms with van der Waals surface area (Å²) in [6, 6.07) is 21.6. The van der Waals surface area contributed by atoms with Gasteiger partial charge in [0.05, 0.1) is 4.92 Å². The summed E-state index contributed by atoms with van der Waals surface area (Å²) in [4.78, 5) is 23.1. The lowest BCUT2D eigenvalue weighted by molar-refractivity contribution is -0.383. The van der Waals surface area contributed by atoms with Gasteiger partial charge in [0.1, 0.15) is 5.69 Å². The van der Waals surface area contributed by atoms with Crippen LogP contribution >= 0.6 is 0 Å². The molecule has 7 heteroatoms. The summed E-state index contributed by atoms with van der Waals surface area (Å²) < 4.78 is 2.12. The highest BCUT2D eigenvalue weighted by Gasteiger charge is 2.15. The molecule has 0 saturated heterocycles. The van der Waals surface area contributed by atoms with Crippen LogP contribution in [0.2, 0.25) is 0 Å². The molecule has 3 aromatic carbocycles. The molecule has 31 heavy (non-hydrogen) atoms. The molecule has 4 aromatic rings. The third-order valence-corrected chi connectivity index (χ3v) is 5.19. The predicted octanol–water partition coefficient (Wildman–Crippen LogP) is 4.63. The van der Waals surface area contributed by atoms with Crippen LogP contribution in [0.15, 0.2) is 79.0 Å². The summed E-state index contributed by atoms with van der Waals surface area (Å²) in [5.74, 6) is -0.385. The van der Waals surface area contributed by atoms with Crippen molar-refractivity contribution in [1.82, 2.24) is 9.88 Å². The molecule has 0 aliphatic rings. The number of rotatable bonds is 7. The lowest BCUT2D eigenvalue weighted by atomic mass is 10.1. The Morgan fingerprint density at radius 1 is 0.968 bits per heavy atom. The normalized spacial score (nSPS) is 10.9. The Morgan fingerprint density at radius 3 is 2.45 bits per heavy atom. The van der Waals surface area contributed by atoms with Crippen LogP contribution < -0.4 is 10.6 Å². The van der Waals surface area contributed by atoms with Gasteiger partial charge in [-0.1, -0.05) is 42.5 Å². The number of nitro groups is 1. The number of carbonyl (C=O) groups excluding carboxylic acids is 1. The SMILES string of the molecule is Cn1cc(CNCc2ccc(C(=O)Nc3ccccc3[N+](=O)[O-])cc2)c2ccccc21. The van der Waals surface area contributed by atoms with Crippen LogP contribution in [0.1, 0.15) is 21.5 Å². The van der Waals surface area contributed by atoms with Gasteiger partial charge in [-0.25, -0.2) is 0 Å². The first kappa shape index (κ1) is 20.3. The Hall–Kier alpha value is -3.97. The first-order valence-corrected chi connectivity index (χ1v) is 9.90. The van der Waals surface area contributed by atoms with E-state index in [4.69, 9.17) is 0 Å². The second kappa shape index (κ2) is 8.81. The molecule has 0 atom stereocenters. The van der Waals surface area contributed by atoms with Crippen LogP contribution in [-0.4, -0.2) is 15.4 Å². The number of para-hydroxylation sites is 3. The molecule has 0 radical (unpaired) electrons. The van der Waals surface area contributed by atoms with Crippen molar-refractivity contribution in [2.45, 2.75) is 13.1 Å². The van der Waals surface area contributed by atoms with Gasteiger partial charge in [0.2, 0.25) is 0 Å². The number of amides is 1. The van der Waals surface area contributed by atoms with E-state index in [1.807, 2.05) is 31.3 Å². The van der Waals surface area contributed by atoms with Crippen molar-refractivity contribution < 1.29 is 9.72 Å². The number of hydrogen-bond donors (Lipinski definition) is 2. The van der Waals surface area contributed by atoms with E-state index < -0.39 is 4.92 Å². The van der Waals surface area contributed by atoms with Crippen LogP contribution in [0.3, 0.4) is 0 Å². The van der Waals surface area contributed by atoms with Crippen LogP contribution in [-0.2, 0) is 20.1 Å². The molecule has 2 N–H and O–H groups in total. The minimum absolute atomic E-state index is 0.134.